The molecule has 1 amide bonds. The number of amides is 1. The average Bonchev–Trinajstić information content (AvgIpc) is 3.33. The fourth-order valence-corrected chi connectivity index (χ4v) is 4.93. The minimum atomic E-state index is -0.263. The van der Waals surface area contributed by atoms with Crippen LogP contribution in [0.1, 0.15) is 34.5 Å². The number of nitrogens with zero attached hydrogens (tertiary/aromatic N) is 1. The van der Waals surface area contributed by atoms with Crippen LogP contribution < -0.4 is 10.1 Å². The highest BCUT2D eigenvalue weighted by Gasteiger charge is 2.12. The van der Waals surface area contributed by atoms with Crippen molar-refractivity contribution in [2.24, 2.45) is 0 Å². The Morgan fingerprint density at radius 1 is 0.947 bits per heavy atom. The van der Waals surface area contributed by atoms with Crippen LogP contribution in [0.5, 0.6) is 11.5 Å². The Balaban J connectivity index is 1.17. The third-order valence-corrected chi connectivity index (χ3v) is 7.07. The topological polar surface area (TPSA) is 87.2 Å². The molecule has 192 valence electrons. The maximum Gasteiger partial charge on any atom is 0.255 e. The van der Waals surface area contributed by atoms with Gasteiger partial charge < -0.3 is 15.2 Å². The minimum Gasteiger partial charge on any atom is -0.507 e. The van der Waals surface area contributed by atoms with Crippen LogP contribution in [-0.2, 0) is 13.0 Å². The first kappa shape index (κ1) is 25.5. The number of halogens is 1. The lowest BCUT2D eigenvalue weighted by Crippen LogP contribution is -2.24. The first-order valence-corrected chi connectivity index (χ1v) is 13.4. The molecule has 4 aromatic carbocycles. The van der Waals surface area contributed by atoms with E-state index in [2.05, 4.69) is 67.8 Å². The molecule has 0 bridgehead atoms. The molecule has 5 rings (SSSR count). The molecule has 38 heavy (non-hydrogen) atoms. The van der Waals surface area contributed by atoms with Crippen molar-refractivity contribution in [3.8, 4) is 22.6 Å². The summed E-state index contributed by atoms with van der Waals surface area (Å²) < 4.78 is 6.92. The molecule has 0 atom stereocenters. The zero-order valence-corrected chi connectivity index (χ0v) is 22.4. The number of unbranched alkanes of at least 4 members (excludes halogenated alkanes) is 1. The predicted molar refractivity (Wildman–Crippen MR) is 153 cm³/mol. The normalized spacial score (nSPS) is 11.0. The quantitative estimate of drug-likeness (QED) is 0.157. The van der Waals surface area contributed by atoms with Crippen molar-refractivity contribution < 1.29 is 14.6 Å². The summed E-state index contributed by atoms with van der Waals surface area (Å²) in [5, 5.41) is 21.5. The molecule has 0 fully saturated rings. The van der Waals surface area contributed by atoms with E-state index in [-0.39, 0.29) is 11.7 Å². The first-order valence-electron chi connectivity index (χ1n) is 12.6. The number of carbonyl (C=O) groups excluding carboxylic acids is 1. The van der Waals surface area contributed by atoms with Gasteiger partial charge in [-0.15, -0.1) is 0 Å². The van der Waals surface area contributed by atoms with E-state index in [1.165, 1.54) is 6.07 Å². The molecule has 0 spiro atoms. The van der Waals surface area contributed by atoms with E-state index in [1.54, 1.807) is 18.2 Å². The number of hydrogen-bond acceptors (Lipinski definition) is 4. The van der Waals surface area contributed by atoms with Gasteiger partial charge in [0.15, 0.2) is 0 Å². The number of H-pyrrole nitrogens is 1. The van der Waals surface area contributed by atoms with Crippen molar-refractivity contribution in [3.63, 3.8) is 0 Å². The highest BCUT2D eigenvalue weighted by Crippen LogP contribution is 2.34. The monoisotopic (exact) mass is 569 g/mol. The van der Waals surface area contributed by atoms with E-state index in [9.17, 15) is 9.90 Å². The van der Waals surface area contributed by atoms with E-state index < -0.39 is 0 Å². The molecule has 0 saturated heterocycles. The van der Waals surface area contributed by atoms with Crippen LogP contribution in [0.15, 0.2) is 95.5 Å². The van der Waals surface area contributed by atoms with E-state index >= 15 is 0 Å². The molecule has 0 aliphatic heterocycles. The summed E-state index contributed by atoms with van der Waals surface area (Å²) in [6, 6.07) is 29.0. The van der Waals surface area contributed by atoms with E-state index in [0.717, 1.165) is 62.8 Å². The number of rotatable bonds is 10. The Morgan fingerprint density at radius 2 is 1.71 bits per heavy atom. The third-order valence-electron chi connectivity index (χ3n) is 6.42. The lowest BCUT2D eigenvalue weighted by molar-refractivity contribution is 0.0950. The summed E-state index contributed by atoms with van der Waals surface area (Å²) in [5.74, 6) is 0.557. The summed E-state index contributed by atoms with van der Waals surface area (Å²) >= 11 is 3.75. The highest BCUT2D eigenvalue weighted by atomic mass is 79.9. The molecule has 1 heterocycles. The smallest absolute Gasteiger partial charge is 0.255 e. The van der Waals surface area contributed by atoms with Crippen molar-refractivity contribution in [1.29, 1.82) is 0 Å². The summed E-state index contributed by atoms with van der Waals surface area (Å²) in [4.78, 5) is 12.2. The number of aryl methyl sites for hydroxylation is 1. The highest BCUT2D eigenvalue weighted by molar-refractivity contribution is 9.10. The Hall–Kier alpha value is -4.10. The molecule has 0 aliphatic rings. The van der Waals surface area contributed by atoms with Crippen molar-refractivity contribution >= 4 is 32.7 Å². The Bertz CT molecular complexity index is 1530. The van der Waals surface area contributed by atoms with Crippen LogP contribution in [0.2, 0.25) is 0 Å². The number of ether oxygens (including phenoxy) is 1. The number of aromatic nitrogens is 2. The van der Waals surface area contributed by atoms with Crippen LogP contribution in [0, 0.1) is 0 Å². The van der Waals surface area contributed by atoms with Gasteiger partial charge in [-0.1, -0.05) is 70.5 Å². The number of para-hydroxylation sites is 1. The Morgan fingerprint density at radius 3 is 2.50 bits per heavy atom. The van der Waals surface area contributed by atoms with Crippen LogP contribution in [-0.4, -0.2) is 27.8 Å². The Kier molecular flexibility index (Phi) is 8.04. The standard InChI is InChI=1S/C31H28BrN3O3/c32-27-18-26-28(11-6-7-17-33-31(37)24-10-4-5-12-30(24)36)34-35-29(26)19-25(27)22-13-15-23(16-14-22)38-20-21-8-2-1-3-9-21/h1-5,8-10,12-16,18-19,36H,6-7,11,17,20H2,(H,33,37)(H,34,35). The number of fused-ring (bicyclic) bond motifs is 1. The van der Waals surface area contributed by atoms with Gasteiger partial charge in [0.1, 0.15) is 18.1 Å². The van der Waals surface area contributed by atoms with Crippen LogP contribution in [0.3, 0.4) is 0 Å². The van der Waals surface area contributed by atoms with Crippen molar-refractivity contribution in [1.82, 2.24) is 15.5 Å². The van der Waals surface area contributed by atoms with Crippen LogP contribution >= 0.6 is 15.9 Å². The summed E-state index contributed by atoms with van der Waals surface area (Å²) in [6.45, 7) is 1.07. The first-order chi connectivity index (χ1) is 18.6. The average molecular weight is 570 g/mol. The van der Waals surface area contributed by atoms with E-state index in [4.69, 9.17) is 4.74 Å². The number of phenols is 1. The zero-order chi connectivity index (χ0) is 26.3. The van der Waals surface area contributed by atoms with Gasteiger partial charge in [-0.05, 0) is 72.4 Å². The third kappa shape index (κ3) is 6.06. The summed E-state index contributed by atoms with van der Waals surface area (Å²) in [6.07, 6.45) is 2.49. The molecule has 1 aromatic heterocycles. The summed E-state index contributed by atoms with van der Waals surface area (Å²) in [7, 11) is 0. The molecular weight excluding hydrogens is 542 g/mol. The van der Waals surface area contributed by atoms with Crippen LogP contribution in [0.25, 0.3) is 22.0 Å². The second kappa shape index (κ2) is 12.0. The summed E-state index contributed by atoms with van der Waals surface area (Å²) in [5.41, 5.74) is 5.58. The van der Waals surface area contributed by atoms with Gasteiger partial charge in [0.2, 0.25) is 0 Å². The van der Waals surface area contributed by atoms with Crippen LogP contribution in [0.4, 0.5) is 0 Å². The van der Waals surface area contributed by atoms with Crippen molar-refractivity contribution in [2.45, 2.75) is 25.9 Å². The van der Waals surface area contributed by atoms with Gasteiger partial charge in [0, 0.05) is 16.4 Å². The van der Waals surface area contributed by atoms with Gasteiger partial charge in [-0.3, -0.25) is 9.89 Å². The molecule has 0 unspecified atom stereocenters. The number of nitrogens with one attached hydrogen (secondary N) is 2. The fourth-order valence-electron chi connectivity index (χ4n) is 4.36. The zero-order valence-electron chi connectivity index (χ0n) is 20.8. The molecule has 3 N–H and O–H groups in total. The molecule has 6 nitrogen and oxygen atoms in total. The second-order valence-electron chi connectivity index (χ2n) is 9.08. The van der Waals surface area contributed by atoms with Gasteiger partial charge in [-0.25, -0.2) is 0 Å². The number of phenolic OH excluding ortho intramolecular Hbond substituents is 1. The lowest BCUT2D eigenvalue weighted by Gasteiger charge is -2.09. The van der Waals surface area contributed by atoms with Gasteiger partial charge in [0.25, 0.3) is 5.91 Å². The van der Waals surface area contributed by atoms with Gasteiger partial charge in [0.05, 0.1) is 16.8 Å². The van der Waals surface area contributed by atoms with Crippen molar-refractivity contribution in [2.75, 3.05) is 6.54 Å². The fraction of sp³-hybridized carbons (Fsp3) is 0.161. The number of carbonyl (C=O) groups is 1. The van der Waals surface area contributed by atoms with E-state index in [1.807, 2.05) is 30.3 Å². The molecule has 7 heteroatoms. The number of hydrogen-bond donors (Lipinski definition) is 3. The Labute approximate surface area is 229 Å². The lowest BCUT2D eigenvalue weighted by atomic mass is 10.0. The number of aromatic amines is 1. The maximum absolute atomic E-state index is 12.2. The number of aromatic hydroxyl groups is 1. The number of benzene rings is 4. The minimum absolute atomic E-state index is 0.00901. The van der Waals surface area contributed by atoms with E-state index in [0.29, 0.717) is 18.7 Å². The second-order valence-corrected chi connectivity index (χ2v) is 9.93. The van der Waals surface area contributed by atoms with Gasteiger partial charge in [-0.2, -0.15) is 5.10 Å². The van der Waals surface area contributed by atoms with Crippen molar-refractivity contribution in [3.05, 3.63) is 112 Å². The molecule has 5 aromatic rings. The van der Waals surface area contributed by atoms with Gasteiger partial charge >= 0.3 is 0 Å². The maximum atomic E-state index is 12.2. The molecule has 0 saturated carbocycles. The SMILES string of the molecule is O=C(NCCCCc1n[nH]c2cc(-c3ccc(OCc4ccccc4)cc3)c(Br)cc12)c1ccccc1O. The molecule has 0 radical (unpaired) electrons. The molecular formula is C31H28BrN3O3. The largest absolute Gasteiger partial charge is 0.507 e. The molecule has 0 aliphatic carbocycles. The predicted octanol–water partition coefficient (Wildman–Crippen LogP) is 7.03.